The maximum absolute atomic E-state index is 12.6. The van der Waals surface area contributed by atoms with Crippen LogP contribution in [0.3, 0.4) is 0 Å². The van der Waals surface area contributed by atoms with E-state index in [9.17, 15) is 27.9 Å². The molecule has 17 heteroatoms. The first-order valence-corrected chi connectivity index (χ1v) is 14.0. The first-order valence-electron chi connectivity index (χ1n) is 9.23. The summed E-state index contributed by atoms with van der Waals surface area (Å²) in [5, 5.41) is 22.5. The molecule has 2 atom stereocenters. The van der Waals surface area contributed by atoms with Gasteiger partial charge in [0.2, 0.25) is 11.1 Å². The minimum atomic E-state index is -4.37. The second-order valence-electron chi connectivity index (χ2n) is 6.73. The summed E-state index contributed by atoms with van der Waals surface area (Å²) in [5.74, 6) is -1.44. The second-order valence-corrected chi connectivity index (χ2v) is 11.3. The molecule has 3 rings (SSSR count). The molecule has 0 spiro atoms. The van der Waals surface area contributed by atoms with E-state index in [1.54, 1.807) is 0 Å². The molecule has 0 aliphatic carbocycles. The quantitative estimate of drug-likeness (QED) is 0.146. The van der Waals surface area contributed by atoms with Crippen LogP contribution in [-0.4, -0.2) is 95.4 Å². The predicted octanol–water partition coefficient (Wildman–Crippen LogP) is -0.508. The molecule has 2 aliphatic heterocycles. The van der Waals surface area contributed by atoms with Crippen LogP contribution in [0.25, 0.3) is 0 Å². The van der Waals surface area contributed by atoms with Crippen molar-refractivity contribution >= 4 is 63.2 Å². The number of nitrogens with one attached hydrogen (secondary N) is 1. The number of nitrogens with zero attached hydrogens (tertiary/aromatic N) is 5. The molecule has 32 heavy (non-hydrogen) atoms. The van der Waals surface area contributed by atoms with Gasteiger partial charge in [-0.05, 0) is 28.2 Å². The number of aromatic nitrogens is 4. The lowest BCUT2D eigenvalue weighted by atomic mass is 10.0. The monoisotopic (exact) mass is 524 g/mol. The summed E-state index contributed by atoms with van der Waals surface area (Å²) >= 11 is 3.77. The zero-order valence-corrected chi connectivity index (χ0v) is 20.0. The largest absolute Gasteiger partial charge is 0.477 e. The van der Waals surface area contributed by atoms with Crippen molar-refractivity contribution in [3.8, 4) is 0 Å². The molecule has 176 valence electrons. The predicted molar refractivity (Wildman–Crippen MR) is 117 cm³/mol. The minimum Gasteiger partial charge on any atom is -0.477 e. The van der Waals surface area contributed by atoms with Crippen molar-refractivity contribution in [3.63, 3.8) is 0 Å². The number of fused-ring (bicyclic) bond motifs is 1. The van der Waals surface area contributed by atoms with Gasteiger partial charge in [-0.2, -0.15) is 20.2 Å². The number of amides is 2. The average Bonchev–Trinajstić information content (AvgIpc) is 3.14. The molecular formula is C15H20N6O7S4. The van der Waals surface area contributed by atoms with Crippen molar-refractivity contribution in [2.75, 3.05) is 23.0 Å². The summed E-state index contributed by atoms with van der Waals surface area (Å²) < 4.78 is 32.0. The Morgan fingerprint density at radius 2 is 2.12 bits per heavy atom. The number of aliphatic carboxylic acids is 1. The molecule has 2 unspecified atom stereocenters. The van der Waals surface area contributed by atoms with Gasteiger partial charge in [-0.25, -0.2) is 9.48 Å². The van der Waals surface area contributed by atoms with E-state index >= 15 is 0 Å². The minimum absolute atomic E-state index is 0.0663. The van der Waals surface area contributed by atoms with Crippen LogP contribution in [0.4, 0.5) is 0 Å². The molecule has 3 heterocycles. The number of rotatable bonds is 11. The Balaban J connectivity index is 1.68. The van der Waals surface area contributed by atoms with Crippen LogP contribution in [0.15, 0.2) is 16.4 Å². The molecule has 1 saturated heterocycles. The number of tetrazole rings is 1. The fourth-order valence-corrected chi connectivity index (χ4v) is 6.63. The number of β-lactam (4-membered cyclic amide) rings is 1. The summed E-state index contributed by atoms with van der Waals surface area (Å²) in [6.07, 6.45) is 0.933. The van der Waals surface area contributed by atoms with Crippen LogP contribution < -0.4 is 5.32 Å². The van der Waals surface area contributed by atoms with Crippen molar-refractivity contribution in [1.82, 2.24) is 30.4 Å². The lowest BCUT2D eigenvalue weighted by Crippen LogP contribution is -2.70. The van der Waals surface area contributed by atoms with Crippen LogP contribution in [0.5, 0.6) is 0 Å². The van der Waals surface area contributed by atoms with E-state index in [1.165, 1.54) is 23.5 Å². The van der Waals surface area contributed by atoms with Gasteiger partial charge >= 0.3 is 5.97 Å². The van der Waals surface area contributed by atoms with Gasteiger partial charge in [0.15, 0.2) is 5.88 Å². The van der Waals surface area contributed by atoms with E-state index < -0.39 is 39.3 Å². The maximum atomic E-state index is 12.6. The molecular weight excluding hydrogens is 504 g/mol. The zero-order chi connectivity index (χ0) is 23.5. The van der Waals surface area contributed by atoms with Crippen molar-refractivity contribution in [3.05, 3.63) is 11.3 Å². The number of carbonyl (C=O) groups excluding carboxylic acids is 2. The number of carboxylic acids is 1. The summed E-state index contributed by atoms with van der Waals surface area (Å²) in [7, 11) is -4.37. The molecule has 2 aliphatic rings. The first-order chi connectivity index (χ1) is 15.1. The smallest absolute Gasteiger partial charge is 0.352 e. The van der Waals surface area contributed by atoms with Gasteiger partial charge in [0.05, 0.1) is 5.75 Å². The van der Waals surface area contributed by atoms with E-state index in [-0.39, 0.29) is 28.3 Å². The number of hydrogen-bond acceptors (Lipinski definition) is 11. The summed E-state index contributed by atoms with van der Waals surface area (Å²) in [6, 6.07) is -0.777. The molecule has 13 nitrogen and oxygen atoms in total. The lowest BCUT2D eigenvalue weighted by molar-refractivity contribution is -0.150. The van der Waals surface area contributed by atoms with Gasteiger partial charge in [0.25, 0.3) is 16.0 Å². The third kappa shape index (κ3) is 5.75. The highest BCUT2D eigenvalue weighted by molar-refractivity contribution is 8.01. The molecule has 1 aromatic heterocycles. The summed E-state index contributed by atoms with van der Waals surface area (Å²) in [6.45, 7) is 2.00. The molecule has 3 N–H and O–H groups in total. The SMILES string of the molecule is CCCSCC(=O)NC1C(=O)N2C(C(=O)O)=C(CSc3nnnn3CS(=O)(=O)O)CSC12. The van der Waals surface area contributed by atoms with E-state index in [1.807, 2.05) is 6.92 Å². The van der Waals surface area contributed by atoms with Crippen molar-refractivity contribution in [1.29, 1.82) is 0 Å². The van der Waals surface area contributed by atoms with Crippen LogP contribution >= 0.6 is 35.3 Å². The first kappa shape index (κ1) is 24.8. The van der Waals surface area contributed by atoms with Gasteiger partial charge in [0.1, 0.15) is 17.1 Å². The number of thioether (sulfide) groups is 3. The van der Waals surface area contributed by atoms with Crippen LogP contribution in [0.1, 0.15) is 13.3 Å². The van der Waals surface area contributed by atoms with E-state index in [2.05, 4.69) is 20.8 Å². The van der Waals surface area contributed by atoms with Gasteiger partial charge < -0.3 is 10.4 Å². The Kier molecular flexibility index (Phi) is 8.07. The average molecular weight is 525 g/mol. The Hall–Kier alpha value is -1.82. The van der Waals surface area contributed by atoms with Gasteiger partial charge in [-0.15, -0.1) is 16.9 Å². The molecule has 0 radical (unpaired) electrons. The highest BCUT2D eigenvalue weighted by atomic mass is 32.2. The second kappa shape index (κ2) is 10.4. The van der Waals surface area contributed by atoms with Crippen molar-refractivity contribution in [2.45, 2.75) is 35.8 Å². The topological polar surface area (TPSA) is 185 Å². The van der Waals surface area contributed by atoms with Crippen LogP contribution in [0, 0.1) is 0 Å². The van der Waals surface area contributed by atoms with Gasteiger partial charge in [0, 0.05) is 11.5 Å². The normalized spacial score (nSPS) is 20.7. The summed E-state index contributed by atoms with van der Waals surface area (Å²) in [5.41, 5.74) is 0.271. The molecule has 1 fully saturated rings. The van der Waals surface area contributed by atoms with E-state index in [0.717, 1.165) is 33.5 Å². The zero-order valence-electron chi connectivity index (χ0n) is 16.7. The van der Waals surface area contributed by atoms with Crippen LogP contribution in [0.2, 0.25) is 0 Å². The summed E-state index contributed by atoms with van der Waals surface area (Å²) in [4.78, 5) is 37.7. The molecule has 0 aromatic carbocycles. The third-order valence-electron chi connectivity index (χ3n) is 4.31. The Labute approximate surface area is 195 Å². The van der Waals surface area contributed by atoms with Crippen molar-refractivity contribution in [2.24, 2.45) is 0 Å². The Bertz CT molecular complexity index is 1040. The van der Waals surface area contributed by atoms with E-state index in [0.29, 0.717) is 11.3 Å². The van der Waals surface area contributed by atoms with Gasteiger partial charge in [-0.3, -0.25) is 19.0 Å². The van der Waals surface area contributed by atoms with Gasteiger partial charge in [-0.1, -0.05) is 18.7 Å². The number of hydrogen-bond donors (Lipinski definition) is 3. The molecule has 0 saturated carbocycles. The fourth-order valence-electron chi connectivity index (χ4n) is 3.01. The third-order valence-corrected chi connectivity index (χ3v) is 8.43. The fraction of sp³-hybridized carbons (Fsp3) is 0.600. The highest BCUT2D eigenvalue weighted by Gasteiger charge is 2.54. The Morgan fingerprint density at radius 1 is 1.38 bits per heavy atom. The number of carbonyl (C=O) groups is 3. The van der Waals surface area contributed by atoms with Crippen LogP contribution in [-0.2, 0) is 30.4 Å². The van der Waals surface area contributed by atoms with E-state index in [4.69, 9.17) is 4.55 Å². The van der Waals surface area contributed by atoms with Crippen molar-refractivity contribution < 1.29 is 32.5 Å². The molecule has 2 amide bonds. The standard InChI is InChI=1S/C15H20N6O7S4/c1-2-3-29-6-9(22)16-10-12(23)21-11(14(24)25)8(4-30-13(10)21)5-31-15-17-18-19-20(15)7-32(26,27)28/h10,13H,2-7H2,1H3,(H,16,22)(H,24,25)(H,26,27,28). The maximum Gasteiger partial charge on any atom is 0.352 e. The molecule has 0 bridgehead atoms. The Morgan fingerprint density at radius 3 is 2.78 bits per heavy atom. The highest BCUT2D eigenvalue weighted by Crippen LogP contribution is 2.41. The lowest BCUT2D eigenvalue weighted by Gasteiger charge is -2.49. The molecule has 1 aromatic rings. The number of carboxylic acid groups (broad SMARTS) is 1.